The second-order valence-corrected chi connectivity index (χ2v) is 5.70. The van der Waals surface area contributed by atoms with Crippen LogP contribution in [-0.4, -0.2) is 24.6 Å². The predicted molar refractivity (Wildman–Crippen MR) is 74.7 cm³/mol. The average Bonchev–Trinajstić information content (AvgIpc) is 2.28. The van der Waals surface area contributed by atoms with Crippen molar-refractivity contribution in [1.29, 1.82) is 0 Å². The molecule has 112 valence electrons. The van der Waals surface area contributed by atoms with E-state index in [2.05, 4.69) is 13.8 Å². The normalized spacial score (nSPS) is 12.6. The second-order valence-electron chi connectivity index (χ2n) is 5.70. The molecule has 0 aromatic carbocycles. The van der Waals surface area contributed by atoms with Gasteiger partial charge in [-0.25, -0.2) is 0 Å². The molecule has 0 fully saturated rings. The highest BCUT2D eigenvalue weighted by Crippen LogP contribution is 2.08. The summed E-state index contributed by atoms with van der Waals surface area (Å²) < 4.78 is 10.3. The molecule has 0 rings (SSSR count). The molecule has 4 nitrogen and oxygen atoms in total. The van der Waals surface area contributed by atoms with Gasteiger partial charge in [0.05, 0.1) is 6.61 Å². The lowest BCUT2D eigenvalue weighted by atomic mass is 10.1. The molecule has 1 unspecified atom stereocenters. The fourth-order valence-corrected chi connectivity index (χ4v) is 1.26. The smallest absolute Gasteiger partial charge is 0.306 e. The van der Waals surface area contributed by atoms with E-state index in [0.717, 1.165) is 6.42 Å². The zero-order valence-electron chi connectivity index (χ0n) is 12.9. The topological polar surface area (TPSA) is 52.6 Å². The van der Waals surface area contributed by atoms with E-state index in [1.165, 1.54) is 0 Å². The summed E-state index contributed by atoms with van der Waals surface area (Å²) in [5, 5.41) is 0. The van der Waals surface area contributed by atoms with Crippen LogP contribution in [0.4, 0.5) is 0 Å². The van der Waals surface area contributed by atoms with Crippen LogP contribution in [-0.2, 0) is 19.1 Å². The van der Waals surface area contributed by atoms with Crippen LogP contribution in [0.25, 0.3) is 0 Å². The molecule has 19 heavy (non-hydrogen) atoms. The van der Waals surface area contributed by atoms with Crippen LogP contribution in [0.5, 0.6) is 0 Å². The first-order valence-electron chi connectivity index (χ1n) is 7.18. The van der Waals surface area contributed by atoms with Gasteiger partial charge in [0, 0.05) is 12.8 Å². The number of esters is 2. The zero-order chi connectivity index (χ0) is 14.8. The number of ether oxygens (including phenoxy) is 2. The van der Waals surface area contributed by atoms with E-state index in [4.69, 9.17) is 9.47 Å². The first kappa shape index (κ1) is 17.9. The molecule has 1 atom stereocenters. The number of hydrogen-bond acceptors (Lipinski definition) is 4. The minimum Gasteiger partial charge on any atom is -0.466 e. The third-order valence-electron chi connectivity index (χ3n) is 2.98. The molecule has 0 N–H and O–H groups in total. The summed E-state index contributed by atoms with van der Waals surface area (Å²) in [4.78, 5) is 22.8. The number of carbonyl (C=O) groups is 2. The van der Waals surface area contributed by atoms with Crippen molar-refractivity contribution < 1.29 is 19.1 Å². The van der Waals surface area contributed by atoms with E-state index in [0.29, 0.717) is 24.9 Å². The maximum absolute atomic E-state index is 11.5. The molecular weight excluding hydrogens is 244 g/mol. The van der Waals surface area contributed by atoms with E-state index in [1.807, 2.05) is 20.8 Å². The lowest BCUT2D eigenvalue weighted by Gasteiger charge is -2.16. The Morgan fingerprint density at radius 3 is 2.05 bits per heavy atom. The molecule has 0 bridgehead atoms. The van der Waals surface area contributed by atoms with Crippen molar-refractivity contribution in [3.05, 3.63) is 0 Å². The SMILES string of the molecule is CC(C)CCOC(=O)CCCC(=O)OC(C)C(C)C. The van der Waals surface area contributed by atoms with Crippen molar-refractivity contribution in [2.75, 3.05) is 6.61 Å². The Balaban J connectivity index is 3.61. The largest absolute Gasteiger partial charge is 0.466 e. The molecule has 0 aliphatic rings. The molecule has 0 aromatic rings. The first-order valence-corrected chi connectivity index (χ1v) is 7.18. The molecule has 0 aliphatic heterocycles. The number of rotatable bonds is 9. The van der Waals surface area contributed by atoms with Crippen molar-refractivity contribution in [2.24, 2.45) is 11.8 Å². The summed E-state index contributed by atoms with van der Waals surface area (Å²) in [5.41, 5.74) is 0. The van der Waals surface area contributed by atoms with Crippen LogP contribution >= 0.6 is 0 Å². The standard InChI is InChI=1S/C15H28O4/c1-11(2)9-10-18-14(16)7-6-8-15(17)19-13(5)12(3)4/h11-13H,6-10H2,1-5H3. The van der Waals surface area contributed by atoms with Gasteiger partial charge in [-0.05, 0) is 31.6 Å². The Morgan fingerprint density at radius 1 is 0.947 bits per heavy atom. The van der Waals surface area contributed by atoms with Gasteiger partial charge in [-0.1, -0.05) is 27.7 Å². The Kier molecular flexibility index (Phi) is 9.27. The van der Waals surface area contributed by atoms with Crippen LogP contribution < -0.4 is 0 Å². The maximum Gasteiger partial charge on any atom is 0.306 e. The zero-order valence-corrected chi connectivity index (χ0v) is 12.9. The predicted octanol–water partition coefficient (Wildman–Crippen LogP) is 3.33. The Morgan fingerprint density at radius 2 is 1.53 bits per heavy atom. The summed E-state index contributed by atoms with van der Waals surface area (Å²) in [6, 6.07) is 0. The van der Waals surface area contributed by atoms with Gasteiger partial charge in [0.2, 0.25) is 0 Å². The molecule has 0 saturated heterocycles. The highest BCUT2D eigenvalue weighted by atomic mass is 16.5. The minimum atomic E-state index is -0.240. The molecular formula is C15H28O4. The molecule has 0 amide bonds. The highest BCUT2D eigenvalue weighted by Gasteiger charge is 2.13. The lowest BCUT2D eigenvalue weighted by molar-refractivity contribution is -0.150. The highest BCUT2D eigenvalue weighted by molar-refractivity contribution is 5.72. The van der Waals surface area contributed by atoms with Gasteiger partial charge in [-0.2, -0.15) is 0 Å². The van der Waals surface area contributed by atoms with Crippen LogP contribution in [0.2, 0.25) is 0 Å². The Bertz CT molecular complexity index is 271. The van der Waals surface area contributed by atoms with Crippen LogP contribution in [0, 0.1) is 11.8 Å². The van der Waals surface area contributed by atoms with Gasteiger partial charge in [0.25, 0.3) is 0 Å². The van der Waals surface area contributed by atoms with Crippen molar-refractivity contribution in [1.82, 2.24) is 0 Å². The third kappa shape index (κ3) is 10.5. The van der Waals surface area contributed by atoms with E-state index in [1.54, 1.807) is 0 Å². The van der Waals surface area contributed by atoms with E-state index >= 15 is 0 Å². The fraction of sp³-hybridized carbons (Fsp3) is 0.867. The third-order valence-corrected chi connectivity index (χ3v) is 2.98. The quantitative estimate of drug-likeness (QED) is 0.604. The molecule has 0 aliphatic carbocycles. The van der Waals surface area contributed by atoms with Crippen LogP contribution in [0.3, 0.4) is 0 Å². The molecule has 0 saturated carbocycles. The van der Waals surface area contributed by atoms with Crippen LogP contribution in [0.1, 0.15) is 60.3 Å². The summed E-state index contributed by atoms with van der Waals surface area (Å²) in [5.74, 6) is 0.367. The monoisotopic (exact) mass is 272 g/mol. The average molecular weight is 272 g/mol. The van der Waals surface area contributed by atoms with E-state index < -0.39 is 0 Å². The number of hydrogen-bond donors (Lipinski definition) is 0. The molecule has 0 radical (unpaired) electrons. The van der Waals surface area contributed by atoms with E-state index in [9.17, 15) is 9.59 Å². The summed E-state index contributed by atoms with van der Waals surface area (Å²) in [6.07, 6.45) is 1.84. The fourth-order valence-electron chi connectivity index (χ4n) is 1.26. The Hall–Kier alpha value is -1.06. The summed E-state index contributed by atoms with van der Waals surface area (Å²) in [6.45, 7) is 10.5. The molecule has 0 heterocycles. The summed E-state index contributed by atoms with van der Waals surface area (Å²) >= 11 is 0. The lowest BCUT2D eigenvalue weighted by Crippen LogP contribution is -2.20. The van der Waals surface area contributed by atoms with Gasteiger partial charge in [0.15, 0.2) is 0 Å². The first-order chi connectivity index (χ1) is 8.82. The van der Waals surface area contributed by atoms with Gasteiger partial charge in [-0.3, -0.25) is 9.59 Å². The molecule has 0 spiro atoms. The van der Waals surface area contributed by atoms with Crippen molar-refractivity contribution in [2.45, 2.75) is 66.4 Å². The van der Waals surface area contributed by atoms with Gasteiger partial charge in [0.1, 0.15) is 6.10 Å². The Labute approximate surface area is 116 Å². The van der Waals surface area contributed by atoms with Crippen LogP contribution in [0.15, 0.2) is 0 Å². The van der Waals surface area contributed by atoms with Gasteiger partial charge < -0.3 is 9.47 Å². The van der Waals surface area contributed by atoms with Gasteiger partial charge >= 0.3 is 11.9 Å². The van der Waals surface area contributed by atoms with Crippen molar-refractivity contribution in [3.63, 3.8) is 0 Å². The van der Waals surface area contributed by atoms with Gasteiger partial charge in [-0.15, -0.1) is 0 Å². The molecule has 4 heteroatoms. The summed E-state index contributed by atoms with van der Waals surface area (Å²) in [7, 11) is 0. The molecule has 0 aromatic heterocycles. The minimum absolute atomic E-state index is 0.0782. The van der Waals surface area contributed by atoms with Crippen molar-refractivity contribution >= 4 is 11.9 Å². The van der Waals surface area contributed by atoms with E-state index in [-0.39, 0.29) is 30.9 Å². The maximum atomic E-state index is 11.5. The van der Waals surface area contributed by atoms with Crippen molar-refractivity contribution in [3.8, 4) is 0 Å². The number of carbonyl (C=O) groups excluding carboxylic acids is 2. The second kappa shape index (κ2) is 9.82.